The SMILES string of the molecule is CCC1C(=O)N(C)C2=CCCCC(=Nc3ncc(C(=O)NC4CCCCNC4=O)cc3OC)/C=C\2N1C1CCCC1. The van der Waals surface area contributed by atoms with Crippen molar-refractivity contribution in [2.45, 2.75) is 95.7 Å². The summed E-state index contributed by atoms with van der Waals surface area (Å²) >= 11 is 0. The first kappa shape index (κ1) is 28.8. The molecule has 0 bridgehead atoms. The molecule has 3 amide bonds. The predicted octanol–water partition coefficient (Wildman–Crippen LogP) is 4.01. The highest BCUT2D eigenvalue weighted by Crippen LogP contribution is 2.38. The van der Waals surface area contributed by atoms with Crippen molar-refractivity contribution in [3.8, 4) is 5.75 Å². The van der Waals surface area contributed by atoms with Gasteiger partial charge in [0.25, 0.3) is 5.91 Å². The lowest BCUT2D eigenvalue weighted by atomic mass is 9.95. The van der Waals surface area contributed by atoms with Gasteiger partial charge in [-0.3, -0.25) is 14.4 Å². The van der Waals surface area contributed by atoms with Crippen molar-refractivity contribution in [2.75, 3.05) is 20.7 Å². The zero-order chi connectivity index (χ0) is 28.9. The number of aliphatic imine (C=N–C) groups is 1. The van der Waals surface area contributed by atoms with Crippen molar-refractivity contribution in [3.63, 3.8) is 0 Å². The molecule has 1 aromatic heterocycles. The predicted molar refractivity (Wildman–Crippen MR) is 157 cm³/mol. The van der Waals surface area contributed by atoms with Crippen molar-refractivity contribution in [1.82, 2.24) is 25.4 Å². The van der Waals surface area contributed by atoms with Gasteiger partial charge in [0.1, 0.15) is 12.1 Å². The average molecular weight is 563 g/mol. The Balaban J connectivity index is 1.46. The van der Waals surface area contributed by atoms with Gasteiger partial charge in [-0.05, 0) is 69.9 Å². The van der Waals surface area contributed by atoms with E-state index in [9.17, 15) is 14.4 Å². The summed E-state index contributed by atoms with van der Waals surface area (Å²) in [6.07, 6.45) is 16.0. The summed E-state index contributed by atoms with van der Waals surface area (Å²) in [5.74, 6) is 0.417. The van der Waals surface area contributed by atoms with Crippen LogP contribution < -0.4 is 15.4 Å². The minimum atomic E-state index is -0.560. The fourth-order valence-corrected chi connectivity index (χ4v) is 6.42. The Labute approximate surface area is 242 Å². The maximum atomic E-state index is 13.4. The third-order valence-electron chi connectivity index (χ3n) is 8.64. The number of piperazine rings is 1. The zero-order valence-electron chi connectivity index (χ0n) is 24.4. The maximum absolute atomic E-state index is 13.4. The third-order valence-corrected chi connectivity index (χ3v) is 8.64. The fraction of sp³-hybridized carbons (Fsp3) is 0.581. The molecule has 1 aromatic rings. The van der Waals surface area contributed by atoms with E-state index >= 15 is 0 Å². The Bertz CT molecular complexity index is 1270. The van der Waals surface area contributed by atoms with Crippen LogP contribution in [0, 0.1) is 0 Å². The lowest BCUT2D eigenvalue weighted by molar-refractivity contribution is -0.136. The zero-order valence-corrected chi connectivity index (χ0v) is 24.4. The molecule has 2 saturated heterocycles. The number of rotatable bonds is 6. The second-order valence-electron chi connectivity index (χ2n) is 11.3. The molecule has 2 unspecified atom stereocenters. The number of hydrogen-bond acceptors (Lipinski definition) is 7. The van der Waals surface area contributed by atoms with Gasteiger partial charge in [0.2, 0.25) is 11.8 Å². The largest absolute Gasteiger partial charge is 0.493 e. The monoisotopic (exact) mass is 562 g/mol. The number of allylic oxidation sites excluding steroid dienone is 2. The number of methoxy groups -OCH3 is 1. The number of ether oxygens (including phenoxy) is 1. The van der Waals surface area contributed by atoms with Gasteiger partial charge in [-0.15, -0.1) is 0 Å². The molecule has 0 spiro atoms. The highest BCUT2D eigenvalue weighted by atomic mass is 16.5. The Morgan fingerprint density at radius 2 is 1.93 bits per heavy atom. The lowest BCUT2D eigenvalue weighted by Gasteiger charge is -2.47. The van der Waals surface area contributed by atoms with Crippen LogP contribution in [0.3, 0.4) is 0 Å². The van der Waals surface area contributed by atoms with Gasteiger partial charge in [0, 0.05) is 31.5 Å². The molecule has 0 aromatic carbocycles. The summed E-state index contributed by atoms with van der Waals surface area (Å²) in [5.41, 5.74) is 3.19. The molecule has 220 valence electrons. The van der Waals surface area contributed by atoms with Gasteiger partial charge in [-0.25, -0.2) is 9.98 Å². The summed E-state index contributed by atoms with van der Waals surface area (Å²) in [4.78, 5) is 52.3. The van der Waals surface area contributed by atoms with Crippen LogP contribution in [-0.4, -0.2) is 77.0 Å². The number of likely N-dealkylation sites (N-methyl/N-ethyl adjacent to an activating group) is 1. The fourth-order valence-electron chi connectivity index (χ4n) is 6.42. The number of aromatic nitrogens is 1. The Kier molecular flexibility index (Phi) is 9.05. The number of nitrogens with one attached hydrogen (secondary N) is 2. The van der Waals surface area contributed by atoms with Crippen LogP contribution in [0.5, 0.6) is 5.75 Å². The molecule has 10 nitrogen and oxygen atoms in total. The Morgan fingerprint density at radius 3 is 2.68 bits per heavy atom. The van der Waals surface area contributed by atoms with Crippen LogP contribution in [0.15, 0.2) is 40.8 Å². The molecule has 1 saturated carbocycles. The van der Waals surface area contributed by atoms with E-state index in [1.54, 1.807) is 6.07 Å². The van der Waals surface area contributed by atoms with E-state index in [0.717, 1.165) is 68.5 Å². The summed E-state index contributed by atoms with van der Waals surface area (Å²) < 4.78 is 5.62. The maximum Gasteiger partial charge on any atom is 0.253 e. The van der Waals surface area contributed by atoms with Crippen LogP contribution in [0.1, 0.15) is 87.9 Å². The first-order valence-corrected chi connectivity index (χ1v) is 15.1. The minimum absolute atomic E-state index is 0.153. The quantitative estimate of drug-likeness (QED) is 0.541. The van der Waals surface area contributed by atoms with Crippen molar-refractivity contribution in [2.24, 2.45) is 4.99 Å². The van der Waals surface area contributed by atoms with Crippen molar-refractivity contribution < 1.29 is 19.1 Å². The summed E-state index contributed by atoms with van der Waals surface area (Å²) in [6.45, 7) is 2.72. The number of hydrogen-bond donors (Lipinski definition) is 2. The van der Waals surface area contributed by atoms with Crippen LogP contribution in [0.4, 0.5) is 5.82 Å². The molecule has 3 fully saturated rings. The van der Waals surface area contributed by atoms with Crippen LogP contribution in [0.2, 0.25) is 0 Å². The van der Waals surface area contributed by atoms with Crippen LogP contribution in [0.25, 0.3) is 0 Å². The molecule has 4 aliphatic rings. The molecule has 2 N–H and O–H groups in total. The molecule has 2 aliphatic heterocycles. The topological polar surface area (TPSA) is 116 Å². The summed E-state index contributed by atoms with van der Waals surface area (Å²) in [5, 5.41) is 5.68. The molecule has 3 heterocycles. The molecule has 2 aliphatic carbocycles. The van der Waals surface area contributed by atoms with Crippen LogP contribution >= 0.6 is 0 Å². The first-order valence-electron chi connectivity index (χ1n) is 15.1. The number of fused-ring (bicyclic) bond motifs is 1. The smallest absolute Gasteiger partial charge is 0.253 e. The van der Waals surface area contributed by atoms with Gasteiger partial charge in [0.05, 0.1) is 24.1 Å². The highest BCUT2D eigenvalue weighted by molar-refractivity contribution is 6.00. The minimum Gasteiger partial charge on any atom is -0.493 e. The van der Waals surface area contributed by atoms with E-state index in [1.165, 1.54) is 26.1 Å². The molecule has 10 heteroatoms. The summed E-state index contributed by atoms with van der Waals surface area (Å²) in [7, 11) is 3.41. The number of amides is 3. The lowest BCUT2D eigenvalue weighted by Crippen LogP contribution is -2.56. The van der Waals surface area contributed by atoms with Gasteiger partial charge in [0.15, 0.2) is 11.6 Å². The van der Waals surface area contributed by atoms with E-state index in [0.29, 0.717) is 36.1 Å². The molecular formula is C31H42N6O4. The van der Waals surface area contributed by atoms with E-state index in [1.807, 2.05) is 11.9 Å². The van der Waals surface area contributed by atoms with Crippen molar-refractivity contribution in [3.05, 3.63) is 41.4 Å². The molecule has 2 atom stereocenters. The molecular weight excluding hydrogens is 520 g/mol. The highest BCUT2D eigenvalue weighted by Gasteiger charge is 2.41. The van der Waals surface area contributed by atoms with Crippen molar-refractivity contribution >= 4 is 29.3 Å². The number of carbonyl (C=O) groups is 3. The second-order valence-corrected chi connectivity index (χ2v) is 11.3. The van der Waals surface area contributed by atoms with Gasteiger partial charge in [-0.2, -0.15) is 0 Å². The van der Waals surface area contributed by atoms with E-state index < -0.39 is 6.04 Å². The summed E-state index contributed by atoms with van der Waals surface area (Å²) in [6, 6.07) is 1.22. The number of nitrogens with zero attached hydrogens (tertiary/aromatic N) is 4. The van der Waals surface area contributed by atoms with E-state index in [2.05, 4.69) is 39.6 Å². The van der Waals surface area contributed by atoms with Gasteiger partial charge < -0.3 is 25.2 Å². The van der Waals surface area contributed by atoms with Gasteiger partial charge >= 0.3 is 0 Å². The third kappa shape index (κ3) is 6.16. The Hall–Kier alpha value is -3.69. The number of carbonyl (C=O) groups excluding carboxylic acids is 3. The normalized spacial score (nSPS) is 26.3. The molecule has 0 radical (unpaired) electrons. The van der Waals surface area contributed by atoms with Crippen molar-refractivity contribution in [1.29, 1.82) is 0 Å². The number of pyridine rings is 1. The van der Waals surface area contributed by atoms with Gasteiger partial charge in [-0.1, -0.05) is 25.8 Å². The van der Waals surface area contributed by atoms with Crippen LogP contribution in [-0.2, 0) is 9.59 Å². The standard InChI is InChI=1S/C31H42N6O4/c1-4-24-31(40)36(2)25-15-8-5-11-21(18-26(25)37(24)22-12-6-7-13-22)34-28-27(41-3)17-20(19-33-28)29(38)35-23-14-9-10-16-32-30(23)39/h15,17-19,22-24H,4-14,16H2,1-3H3,(H,32,39)(H,35,38)/b25-15?,26-18+,34-21?. The molecule has 41 heavy (non-hydrogen) atoms. The van der Waals surface area contributed by atoms with E-state index in [4.69, 9.17) is 9.73 Å². The Morgan fingerprint density at radius 1 is 1.15 bits per heavy atom. The van der Waals surface area contributed by atoms with E-state index in [-0.39, 0.29) is 23.8 Å². The average Bonchev–Trinajstić information content (AvgIpc) is 3.42. The second kappa shape index (κ2) is 12.9. The molecule has 5 rings (SSSR count). The first-order chi connectivity index (χ1) is 19.9.